The van der Waals surface area contributed by atoms with Crippen molar-refractivity contribution >= 4 is 21.8 Å². The minimum atomic E-state index is -3.49. The van der Waals surface area contributed by atoms with Crippen molar-refractivity contribution in [3.05, 3.63) is 60.2 Å². The molecule has 2 aliphatic rings. The highest BCUT2D eigenvalue weighted by Gasteiger charge is 2.57. The normalized spacial score (nSPS) is 25.3. The second-order valence-corrected chi connectivity index (χ2v) is 11.1. The van der Waals surface area contributed by atoms with E-state index in [1.54, 1.807) is 12.1 Å². The van der Waals surface area contributed by atoms with Crippen LogP contribution < -0.4 is 0 Å². The van der Waals surface area contributed by atoms with E-state index in [2.05, 4.69) is 31.2 Å². The van der Waals surface area contributed by atoms with E-state index in [0.717, 1.165) is 31.2 Å². The third-order valence-electron chi connectivity index (χ3n) is 6.08. The molecule has 27 heavy (non-hydrogen) atoms. The van der Waals surface area contributed by atoms with Gasteiger partial charge in [-0.1, -0.05) is 55.7 Å². The zero-order chi connectivity index (χ0) is 19.1. The molecule has 0 aromatic heterocycles. The third kappa shape index (κ3) is 3.34. The van der Waals surface area contributed by atoms with E-state index in [4.69, 9.17) is 0 Å². The van der Waals surface area contributed by atoms with E-state index >= 15 is 0 Å². The summed E-state index contributed by atoms with van der Waals surface area (Å²) in [5, 5.41) is 0.294. The largest absolute Gasteiger partial charge is 0.243 e. The van der Waals surface area contributed by atoms with Crippen LogP contribution in [0.3, 0.4) is 0 Å². The Bertz CT molecular complexity index is 888. The van der Waals surface area contributed by atoms with Crippen molar-refractivity contribution in [1.29, 1.82) is 0 Å². The average molecular weight is 402 g/mol. The molecule has 0 radical (unpaired) electrons. The Balaban J connectivity index is 1.72. The number of hydrogen-bond acceptors (Lipinski definition) is 3. The fourth-order valence-electron chi connectivity index (χ4n) is 4.78. The van der Waals surface area contributed by atoms with E-state index in [9.17, 15) is 8.42 Å². The molecule has 144 valence electrons. The molecule has 1 aliphatic carbocycles. The predicted octanol–water partition coefficient (Wildman–Crippen LogP) is 5.11. The number of thioether (sulfide) groups is 1. The maximum absolute atomic E-state index is 13.6. The fourth-order valence-corrected chi connectivity index (χ4v) is 8.29. The summed E-state index contributed by atoms with van der Waals surface area (Å²) < 4.78 is 29.0. The van der Waals surface area contributed by atoms with Crippen LogP contribution in [-0.4, -0.2) is 30.1 Å². The molecule has 2 aromatic rings. The minimum Gasteiger partial charge on any atom is -0.207 e. The minimum absolute atomic E-state index is 0.260. The number of sulfonamides is 1. The smallest absolute Gasteiger partial charge is 0.207 e. The molecule has 1 saturated heterocycles. The summed E-state index contributed by atoms with van der Waals surface area (Å²) in [7, 11) is -3.49. The molecule has 0 bridgehead atoms. The lowest BCUT2D eigenvalue weighted by molar-refractivity contribution is 0.252. The summed E-state index contributed by atoms with van der Waals surface area (Å²) in [6.45, 7) is 4.81. The van der Waals surface area contributed by atoms with E-state index < -0.39 is 10.0 Å². The summed E-state index contributed by atoms with van der Waals surface area (Å²) >= 11 is 1.87. The summed E-state index contributed by atoms with van der Waals surface area (Å²) in [6, 6.07) is 17.7. The maximum Gasteiger partial charge on any atom is 0.243 e. The van der Waals surface area contributed by atoms with Gasteiger partial charge in [-0.2, -0.15) is 4.31 Å². The average Bonchev–Trinajstić information content (AvgIpc) is 3.25. The van der Waals surface area contributed by atoms with Gasteiger partial charge in [0.1, 0.15) is 0 Å². The van der Waals surface area contributed by atoms with Crippen molar-refractivity contribution in [2.75, 3.05) is 6.54 Å². The van der Waals surface area contributed by atoms with Crippen LogP contribution in [0.2, 0.25) is 0 Å². The van der Waals surface area contributed by atoms with Gasteiger partial charge in [0.25, 0.3) is 0 Å². The van der Waals surface area contributed by atoms with Gasteiger partial charge in [0, 0.05) is 22.2 Å². The zero-order valence-electron chi connectivity index (χ0n) is 16.0. The van der Waals surface area contributed by atoms with Gasteiger partial charge in [-0.3, -0.25) is 0 Å². The molecule has 2 aromatic carbocycles. The van der Waals surface area contributed by atoms with E-state index in [1.165, 1.54) is 4.90 Å². The lowest BCUT2D eigenvalue weighted by atomic mass is 9.91. The summed E-state index contributed by atoms with van der Waals surface area (Å²) in [6.07, 6.45) is 4.15. The molecule has 0 N–H and O–H groups in total. The van der Waals surface area contributed by atoms with Crippen LogP contribution in [0.4, 0.5) is 0 Å². The maximum atomic E-state index is 13.6. The second-order valence-electron chi connectivity index (χ2n) is 7.99. The van der Waals surface area contributed by atoms with E-state index in [0.29, 0.717) is 22.6 Å². The molecule has 1 heterocycles. The van der Waals surface area contributed by atoms with Crippen LogP contribution in [0.25, 0.3) is 0 Å². The Morgan fingerprint density at radius 3 is 2.26 bits per heavy atom. The first kappa shape index (κ1) is 19.0. The van der Waals surface area contributed by atoms with Crippen molar-refractivity contribution in [2.45, 2.75) is 60.1 Å². The quantitative estimate of drug-likeness (QED) is 0.714. The van der Waals surface area contributed by atoms with Crippen molar-refractivity contribution in [3.63, 3.8) is 0 Å². The monoisotopic (exact) mass is 401 g/mol. The highest BCUT2D eigenvalue weighted by molar-refractivity contribution is 8.00. The standard InChI is InChI=1S/C22H27NO2S2/c1-17-10-12-20(13-11-17)27(24,25)23-16-18(2)21(22(23)14-6-7-15-22)26-19-8-4-3-5-9-19/h3-5,8-13,18,21H,6-7,14-16H2,1-2H3/t18-,21-/m1/s1. The number of hydrogen-bond donors (Lipinski definition) is 0. The number of aryl methyl sites for hydroxylation is 1. The Kier molecular flexibility index (Phi) is 5.12. The van der Waals surface area contributed by atoms with Gasteiger partial charge in [0.15, 0.2) is 0 Å². The van der Waals surface area contributed by atoms with Gasteiger partial charge in [0.05, 0.1) is 4.90 Å². The van der Waals surface area contributed by atoms with Gasteiger partial charge >= 0.3 is 0 Å². The Labute approximate surface area is 167 Å². The zero-order valence-corrected chi connectivity index (χ0v) is 17.6. The van der Waals surface area contributed by atoms with Crippen molar-refractivity contribution in [3.8, 4) is 0 Å². The first-order valence-electron chi connectivity index (χ1n) is 9.75. The summed E-state index contributed by atoms with van der Waals surface area (Å²) in [5.74, 6) is 0.327. The highest BCUT2D eigenvalue weighted by atomic mass is 32.2. The van der Waals surface area contributed by atoms with E-state index in [1.807, 2.05) is 41.2 Å². The molecule has 0 unspecified atom stereocenters. The third-order valence-corrected chi connectivity index (χ3v) is 9.74. The Morgan fingerprint density at radius 2 is 1.63 bits per heavy atom. The van der Waals surface area contributed by atoms with Crippen molar-refractivity contribution in [1.82, 2.24) is 4.31 Å². The molecular weight excluding hydrogens is 374 g/mol. The van der Waals surface area contributed by atoms with Crippen LogP contribution >= 0.6 is 11.8 Å². The molecule has 2 atom stereocenters. The van der Waals surface area contributed by atoms with Crippen LogP contribution in [-0.2, 0) is 10.0 Å². The van der Waals surface area contributed by atoms with Crippen LogP contribution in [0, 0.1) is 12.8 Å². The van der Waals surface area contributed by atoms with Crippen molar-refractivity contribution in [2.24, 2.45) is 5.92 Å². The van der Waals surface area contributed by atoms with Crippen LogP contribution in [0.5, 0.6) is 0 Å². The first-order chi connectivity index (χ1) is 12.9. The highest BCUT2D eigenvalue weighted by Crippen LogP contribution is 2.53. The van der Waals surface area contributed by atoms with Gasteiger partial charge in [-0.15, -0.1) is 11.8 Å². The molecule has 2 fully saturated rings. The van der Waals surface area contributed by atoms with E-state index in [-0.39, 0.29) is 5.54 Å². The fraction of sp³-hybridized carbons (Fsp3) is 0.455. The molecular formula is C22H27NO2S2. The van der Waals surface area contributed by atoms with Crippen LogP contribution in [0.15, 0.2) is 64.4 Å². The SMILES string of the molecule is Cc1ccc(S(=O)(=O)N2C[C@@H](C)[C@@H](Sc3ccccc3)C23CCCC3)cc1. The number of nitrogens with zero attached hydrogens (tertiary/aromatic N) is 1. The number of rotatable bonds is 4. The first-order valence-corrected chi connectivity index (χ1v) is 12.1. The molecule has 1 aliphatic heterocycles. The topological polar surface area (TPSA) is 37.4 Å². The summed E-state index contributed by atoms with van der Waals surface area (Å²) in [5.41, 5.74) is 0.820. The Hall–Kier alpha value is -1.30. The lowest BCUT2D eigenvalue weighted by Gasteiger charge is -2.38. The number of benzene rings is 2. The summed E-state index contributed by atoms with van der Waals surface area (Å²) in [4.78, 5) is 1.66. The molecule has 5 heteroatoms. The van der Waals surface area contributed by atoms with Gasteiger partial charge in [-0.25, -0.2) is 8.42 Å². The molecule has 4 rings (SSSR count). The molecule has 1 saturated carbocycles. The van der Waals surface area contributed by atoms with Crippen LogP contribution in [0.1, 0.15) is 38.2 Å². The van der Waals surface area contributed by atoms with Gasteiger partial charge in [0.2, 0.25) is 10.0 Å². The van der Waals surface area contributed by atoms with Crippen molar-refractivity contribution < 1.29 is 8.42 Å². The molecule has 0 amide bonds. The van der Waals surface area contributed by atoms with Gasteiger partial charge in [-0.05, 0) is 49.9 Å². The lowest BCUT2D eigenvalue weighted by Crippen LogP contribution is -2.50. The molecule has 1 spiro atoms. The second kappa shape index (κ2) is 7.26. The molecule has 3 nitrogen and oxygen atoms in total. The van der Waals surface area contributed by atoms with Gasteiger partial charge < -0.3 is 0 Å². The Morgan fingerprint density at radius 1 is 1.00 bits per heavy atom. The predicted molar refractivity (Wildman–Crippen MR) is 112 cm³/mol.